The van der Waals surface area contributed by atoms with E-state index in [1.807, 2.05) is 0 Å². The molecule has 1 aliphatic rings. The zero-order valence-corrected chi connectivity index (χ0v) is 18.2. The lowest BCUT2D eigenvalue weighted by Gasteiger charge is -2.25. The number of Topliss-reactive ketones (excluding diaryl/α,β-unsaturated/α-hetero) is 1. The molecule has 0 atom stereocenters. The van der Waals surface area contributed by atoms with Crippen molar-refractivity contribution >= 4 is 38.8 Å². The van der Waals surface area contributed by atoms with Gasteiger partial charge in [-0.05, 0) is 62.2 Å². The molecule has 1 aliphatic heterocycles. The number of hydrogen-bond donors (Lipinski definition) is 1. The lowest BCUT2D eigenvalue weighted by atomic mass is 10.1. The van der Waals surface area contributed by atoms with Crippen molar-refractivity contribution in [3.63, 3.8) is 0 Å². The number of nitrogens with zero attached hydrogens (tertiary/aromatic N) is 3. The van der Waals surface area contributed by atoms with E-state index >= 15 is 0 Å². The van der Waals surface area contributed by atoms with E-state index in [9.17, 15) is 13.2 Å². The van der Waals surface area contributed by atoms with E-state index in [1.165, 1.54) is 18.3 Å². The fourth-order valence-corrected chi connectivity index (χ4v) is 6.25. The molecule has 9 heteroatoms. The summed E-state index contributed by atoms with van der Waals surface area (Å²) < 4.78 is 27.7. The SMILES string of the molecule is CC(=O)c1ccc(Nc2nccc(-c3ccc(S(=O)(=O)N4CCCCC4)s3)n2)cc1. The highest BCUT2D eigenvalue weighted by atomic mass is 32.2. The van der Waals surface area contributed by atoms with Crippen molar-refractivity contribution in [1.82, 2.24) is 14.3 Å². The lowest BCUT2D eigenvalue weighted by molar-refractivity contribution is 0.101. The topological polar surface area (TPSA) is 92.3 Å². The van der Waals surface area contributed by atoms with Crippen molar-refractivity contribution in [2.75, 3.05) is 18.4 Å². The summed E-state index contributed by atoms with van der Waals surface area (Å²) in [5.74, 6) is 0.407. The number of carbonyl (C=O) groups is 1. The van der Waals surface area contributed by atoms with Crippen molar-refractivity contribution in [2.24, 2.45) is 0 Å². The van der Waals surface area contributed by atoms with E-state index in [0.717, 1.165) is 29.8 Å². The van der Waals surface area contributed by atoms with Crippen LogP contribution in [0.3, 0.4) is 0 Å². The van der Waals surface area contributed by atoms with Crippen molar-refractivity contribution in [1.29, 1.82) is 0 Å². The first kappa shape index (κ1) is 20.6. The van der Waals surface area contributed by atoms with Crippen LogP contribution in [0.15, 0.2) is 52.9 Å². The van der Waals surface area contributed by atoms with Crippen LogP contribution in [0.4, 0.5) is 11.6 Å². The van der Waals surface area contributed by atoms with Gasteiger partial charge in [0.15, 0.2) is 5.78 Å². The zero-order valence-electron chi connectivity index (χ0n) is 16.5. The highest BCUT2D eigenvalue weighted by Gasteiger charge is 2.27. The minimum atomic E-state index is -3.45. The Morgan fingerprint density at radius 1 is 1.03 bits per heavy atom. The summed E-state index contributed by atoms with van der Waals surface area (Å²) in [6, 6.07) is 12.3. The highest BCUT2D eigenvalue weighted by Crippen LogP contribution is 2.32. The average Bonchev–Trinajstić information content (AvgIpc) is 3.26. The predicted octanol–water partition coefficient (Wildman–Crippen LogP) is 4.33. The number of ketones is 1. The van der Waals surface area contributed by atoms with Crippen LogP contribution in [0.25, 0.3) is 10.6 Å². The van der Waals surface area contributed by atoms with E-state index in [-0.39, 0.29) is 5.78 Å². The minimum absolute atomic E-state index is 0.00722. The molecule has 3 aromatic rings. The molecule has 0 saturated carbocycles. The maximum absolute atomic E-state index is 12.9. The second kappa shape index (κ2) is 8.63. The van der Waals surface area contributed by atoms with Gasteiger partial charge in [0.25, 0.3) is 10.0 Å². The van der Waals surface area contributed by atoms with Gasteiger partial charge in [0, 0.05) is 30.5 Å². The number of thiophene rings is 1. The van der Waals surface area contributed by atoms with E-state index in [1.54, 1.807) is 53.0 Å². The number of nitrogens with one attached hydrogen (secondary N) is 1. The first-order valence-electron chi connectivity index (χ1n) is 9.75. The number of rotatable bonds is 6. The number of carbonyl (C=O) groups excluding carboxylic acids is 1. The maximum atomic E-state index is 12.9. The molecule has 1 N–H and O–H groups in total. The Bertz CT molecular complexity index is 1150. The Kier molecular flexibility index (Phi) is 5.94. The zero-order chi connectivity index (χ0) is 21.1. The van der Waals surface area contributed by atoms with Gasteiger partial charge >= 0.3 is 0 Å². The molecule has 30 heavy (non-hydrogen) atoms. The van der Waals surface area contributed by atoms with E-state index in [2.05, 4.69) is 15.3 Å². The molecule has 1 saturated heterocycles. The number of anilines is 2. The Labute approximate surface area is 179 Å². The van der Waals surface area contributed by atoms with Crippen molar-refractivity contribution in [2.45, 2.75) is 30.4 Å². The Morgan fingerprint density at radius 3 is 2.47 bits per heavy atom. The summed E-state index contributed by atoms with van der Waals surface area (Å²) in [6.45, 7) is 2.69. The van der Waals surface area contributed by atoms with E-state index in [0.29, 0.717) is 34.5 Å². The van der Waals surface area contributed by atoms with Gasteiger partial charge in [-0.15, -0.1) is 11.3 Å². The van der Waals surface area contributed by atoms with E-state index in [4.69, 9.17) is 0 Å². The number of sulfonamides is 1. The van der Waals surface area contributed by atoms with Crippen molar-refractivity contribution < 1.29 is 13.2 Å². The number of aromatic nitrogens is 2. The minimum Gasteiger partial charge on any atom is -0.324 e. The summed E-state index contributed by atoms with van der Waals surface area (Å²) in [4.78, 5) is 20.9. The van der Waals surface area contributed by atoms with Gasteiger partial charge in [-0.3, -0.25) is 4.79 Å². The first-order chi connectivity index (χ1) is 14.4. The molecule has 2 aromatic heterocycles. The molecule has 0 aliphatic carbocycles. The van der Waals surface area contributed by atoms with Crippen LogP contribution in [0.1, 0.15) is 36.5 Å². The molecule has 156 valence electrons. The van der Waals surface area contributed by atoms with Crippen LogP contribution in [-0.2, 0) is 10.0 Å². The third kappa shape index (κ3) is 4.43. The monoisotopic (exact) mass is 442 g/mol. The molecular weight excluding hydrogens is 420 g/mol. The molecule has 0 bridgehead atoms. The first-order valence-corrected chi connectivity index (χ1v) is 12.0. The van der Waals surface area contributed by atoms with Gasteiger partial charge < -0.3 is 5.32 Å². The molecule has 3 heterocycles. The average molecular weight is 443 g/mol. The molecule has 1 aromatic carbocycles. The number of hydrogen-bond acceptors (Lipinski definition) is 7. The molecule has 0 spiro atoms. The molecular formula is C21H22N4O3S2. The molecule has 0 unspecified atom stereocenters. The van der Waals surface area contributed by atoms with E-state index < -0.39 is 10.0 Å². The third-order valence-electron chi connectivity index (χ3n) is 4.95. The van der Waals surface area contributed by atoms with Crippen LogP contribution >= 0.6 is 11.3 Å². The fourth-order valence-electron chi connectivity index (χ4n) is 3.30. The fraction of sp³-hybridized carbons (Fsp3) is 0.286. The third-order valence-corrected chi connectivity index (χ3v) is 8.42. The molecule has 0 amide bonds. The van der Waals surface area contributed by atoms with Crippen LogP contribution in [0.2, 0.25) is 0 Å². The summed E-state index contributed by atoms with van der Waals surface area (Å²) >= 11 is 1.22. The van der Waals surface area contributed by atoms with Gasteiger partial charge in [-0.2, -0.15) is 4.31 Å². The number of piperidine rings is 1. The standard InChI is InChI=1S/C21H22N4O3S2/c1-15(26)16-5-7-17(8-6-16)23-21-22-12-11-18(24-21)19-9-10-20(29-19)30(27,28)25-13-3-2-4-14-25/h5-12H,2-4,13-14H2,1H3,(H,22,23,24). The largest absolute Gasteiger partial charge is 0.324 e. The quantitative estimate of drug-likeness (QED) is 0.572. The maximum Gasteiger partial charge on any atom is 0.252 e. The second-order valence-electron chi connectivity index (χ2n) is 7.11. The summed E-state index contributed by atoms with van der Waals surface area (Å²) in [6.07, 6.45) is 4.53. The second-order valence-corrected chi connectivity index (χ2v) is 10.4. The van der Waals surface area contributed by atoms with Gasteiger partial charge in [-0.1, -0.05) is 6.42 Å². The van der Waals surface area contributed by atoms with Crippen LogP contribution in [0.5, 0.6) is 0 Å². The molecule has 4 rings (SSSR count). The smallest absolute Gasteiger partial charge is 0.252 e. The van der Waals surface area contributed by atoms with Gasteiger partial charge in [0.1, 0.15) is 4.21 Å². The predicted molar refractivity (Wildman–Crippen MR) is 118 cm³/mol. The van der Waals surface area contributed by atoms with Gasteiger partial charge in [0.05, 0.1) is 10.6 Å². The van der Waals surface area contributed by atoms with Gasteiger partial charge in [0.2, 0.25) is 5.95 Å². The van der Waals surface area contributed by atoms with Gasteiger partial charge in [-0.25, -0.2) is 18.4 Å². The van der Waals surface area contributed by atoms with Crippen molar-refractivity contribution in [3.8, 4) is 10.6 Å². The molecule has 1 fully saturated rings. The highest BCUT2D eigenvalue weighted by molar-refractivity contribution is 7.91. The number of benzene rings is 1. The van der Waals surface area contributed by atoms with Crippen LogP contribution in [-0.4, -0.2) is 41.6 Å². The van der Waals surface area contributed by atoms with Crippen LogP contribution < -0.4 is 5.32 Å². The summed E-state index contributed by atoms with van der Waals surface area (Å²) in [5, 5.41) is 3.11. The Balaban J connectivity index is 1.53. The van der Waals surface area contributed by atoms with Crippen LogP contribution in [0, 0.1) is 0 Å². The summed E-state index contributed by atoms with van der Waals surface area (Å²) in [5.41, 5.74) is 2.05. The Hall–Kier alpha value is -2.62. The normalized spacial score (nSPS) is 15.1. The molecule has 7 nitrogen and oxygen atoms in total. The lowest BCUT2D eigenvalue weighted by Crippen LogP contribution is -2.35. The Morgan fingerprint density at radius 2 is 1.77 bits per heavy atom. The van der Waals surface area contributed by atoms with Crippen molar-refractivity contribution in [3.05, 3.63) is 54.2 Å². The summed E-state index contributed by atoms with van der Waals surface area (Å²) in [7, 11) is -3.45. The molecule has 0 radical (unpaired) electrons.